The van der Waals surface area contributed by atoms with Crippen LogP contribution in [-0.4, -0.2) is 37.2 Å². The number of ether oxygens (including phenoxy) is 1. The van der Waals surface area contributed by atoms with Crippen molar-refractivity contribution < 1.29 is 27.7 Å². The third kappa shape index (κ3) is 9.84. The molecule has 5 aromatic rings. The Morgan fingerprint density at radius 1 is 0.849 bits per heavy atom. The van der Waals surface area contributed by atoms with Gasteiger partial charge in [-0.25, -0.2) is 13.1 Å². The zero-order valence-electron chi connectivity index (χ0n) is 28.4. The fourth-order valence-electron chi connectivity index (χ4n) is 5.55. The van der Waals surface area contributed by atoms with Gasteiger partial charge in [-0.1, -0.05) is 78.9 Å². The number of hydrogen-bond donors (Lipinski definition) is 3. The zero-order valence-corrected chi connectivity index (χ0v) is 29.2. The maximum absolute atomic E-state index is 13.6. The van der Waals surface area contributed by atoms with E-state index in [1.54, 1.807) is 48.5 Å². The third-order valence-electron chi connectivity index (χ3n) is 8.58. The molecular weight excluding hydrogens is 695 g/mol. The van der Waals surface area contributed by atoms with Gasteiger partial charge in [-0.05, 0) is 77.1 Å². The first-order valence-electron chi connectivity index (χ1n) is 16.8. The Morgan fingerprint density at radius 2 is 1.49 bits per heavy atom. The van der Waals surface area contributed by atoms with Gasteiger partial charge in [0.05, 0.1) is 27.9 Å². The van der Waals surface area contributed by atoms with Gasteiger partial charge < -0.3 is 15.4 Å². The van der Waals surface area contributed by atoms with Crippen molar-refractivity contribution in [2.75, 3.05) is 5.32 Å². The van der Waals surface area contributed by atoms with Gasteiger partial charge in [0.25, 0.3) is 21.6 Å². The quantitative estimate of drug-likeness (QED) is 0.0853. The molecule has 0 bridgehead atoms. The average molecular weight is 730 g/mol. The summed E-state index contributed by atoms with van der Waals surface area (Å²) in [6.07, 6.45) is 1.57. The van der Waals surface area contributed by atoms with Crippen LogP contribution in [0.15, 0.2) is 126 Å². The van der Waals surface area contributed by atoms with Crippen LogP contribution >= 0.6 is 0 Å². The summed E-state index contributed by atoms with van der Waals surface area (Å²) in [5, 5.41) is 26.5. The normalized spacial score (nSPS) is 12.9. The van der Waals surface area contributed by atoms with E-state index < -0.39 is 43.4 Å². The summed E-state index contributed by atoms with van der Waals surface area (Å²) in [5.74, 6) is -0.990. The number of hydrogen-bond acceptors (Lipinski definition) is 9. The van der Waals surface area contributed by atoms with E-state index in [4.69, 9.17) is 10.00 Å². The summed E-state index contributed by atoms with van der Waals surface area (Å²) in [7, 11) is -4.57. The van der Waals surface area contributed by atoms with E-state index in [1.165, 1.54) is 12.1 Å². The predicted molar refractivity (Wildman–Crippen MR) is 198 cm³/mol. The van der Waals surface area contributed by atoms with Crippen molar-refractivity contribution in [1.82, 2.24) is 10.0 Å². The van der Waals surface area contributed by atoms with Crippen LogP contribution in [0.25, 0.3) is 11.1 Å². The number of nitro groups is 1. The highest BCUT2D eigenvalue weighted by molar-refractivity contribution is 7.90. The largest absolute Gasteiger partial charge is 0.489 e. The molecule has 0 saturated heterocycles. The Hall–Kier alpha value is -6.52. The summed E-state index contributed by atoms with van der Waals surface area (Å²) in [4.78, 5) is 37.6. The maximum Gasteiger partial charge on any atom is 0.293 e. The second-order valence-corrected chi connectivity index (χ2v) is 14.3. The van der Waals surface area contributed by atoms with Gasteiger partial charge in [0.1, 0.15) is 24.1 Å². The van der Waals surface area contributed by atoms with Crippen molar-refractivity contribution in [2.24, 2.45) is 0 Å². The van der Waals surface area contributed by atoms with Crippen LogP contribution in [0, 0.1) is 21.4 Å². The van der Waals surface area contributed by atoms with E-state index in [0.717, 1.165) is 35.6 Å². The molecule has 0 aromatic heterocycles. The van der Waals surface area contributed by atoms with Gasteiger partial charge in [-0.15, -0.1) is 0 Å². The van der Waals surface area contributed by atoms with Crippen molar-refractivity contribution in [3.63, 3.8) is 0 Å². The predicted octanol–water partition coefficient (Wildman–Crippen LogP) is 6.06. The number of nitrogens with zero attached hydrogens (tertiary/aromatic N) is 2. The van der Waals surface area contributed by atoms with Crippen LogP contribution in [0.5, 0.6) is 5.75 Å². The molecule has 0 spiro atoms. The number of sulfonamides is 1. The Kier molecular flexibility index (Phi) is 11.1. The van der Waals surface area contributed by atoms with E-state index in [2.05, 4.69) is 16.7 Å². The van der Waals surface area contributed by atoms with E-state index in [9.17, 15) is 28.1 Å². The first-order valence-corrected chi connectivity index (χ1v) is 18.3. The summed E-state index contributed by atoms with van der Waals surface area (Å²) < 4.78 is 34.7. The average Bonchev–Trinajstić information content (AvgIpc) is 3.99. The van der Waals surface area contributed by atoms with Crippen LogP contribution in [0.3, 0.4) is 0 Å². The van der Waals surface area contributed by atoms with Crippen LogP contribution in [0.4, 0.5) is 11.4 Å². The van der Waals surface area contributed by atoms with Gasteiger partial charge in [0.15, 0.2) is 0 Å². The van der Waals surface area contributed by atoms with Crippen LogP contribution < -0.4 is 20.1 Å². The van der Waals surface area contributed by atoms with Crippen molar-refractivity contribution >= 4 is 33.2 Å². The first kappa shape index (κ1) is 36.3. The number of carbonyl (C=O) groups excluding carboxylic acids is 2. The minimum Gasteiger partial charge on any atom is -0.489 e. The maximum atomic E-state index is 13.6. The lowest BCUT2D eigenvalue weighted by molar-refractivity contribution is -0.384. The van der Waals surface area contributed by atoms with E-state index in [0.29, 0.717) is 22.4 Å². The Labute approximate surface area is 306 Å². The van der Waals surface area contributed by atoms with Crippen molar-refractivity contribution in [1.29, 1.82) is 5.26 Å². The monoisotopic (exact) mass is 729 g/mol. The zero-order chi connectivity index (χ0) is 37.4. The standard InChI is InChI=1S/C40H35N5O7S/c41-25-29-6-8-30(9-7-29)26-52-34-18-12-27(13-19-34)22-37(43-39(46)23-28-10-14-32(15-11-28)31-4-2-1-3-5-31)40(47)44-53(50,51)35-20-21-36(42-33-16-17-33)38(24-35)45(48)49/h1-15,18-21,24,33,37,42H,16-17,22-23,26H2,(H,43,46)(H,44,47). The molecule has 1 atom stereocenters. The van der Waals surface area contributed by atoms with Gasteiger partial charge in [-0.3, -0.25) is 19.7 Å². The van der Waals surface area contributed by atoms with Gasteiger partial charge in [0.2, 0.25) is 5.91 Å². The molecule has 1 fully saturated rings. The molecule has 53 heavy (non-hydrogen) atoms. The second kappa shape index (κ2) is 16.2. The first-order chi connectivity index (χ1) is 25.6. The number of benzene rings is 5. The number of rotatable bonds is 15. The number of carbonyl (C=O) groups is 2. The Bertz CT molecular complexity index is 2250. The van der Waals surface area contributed by atoms with Crippen molar-refractivity contribution in [3.05, 3.63) is 154 Å². The number of nitriles is 1. The number of anilines is 1. The molecule has 1 saturated carbocycles. The van der Waals surface area contributed by atoms with E-state index in [-0.39, 0.29) is 31.2 Å². The molecule has 0 radical (unpaired) electrons. The number of amides is 2. The van der Waals surface area contributed by atoms with Gasteiger partial charge in [0, 0.05) is 18.5 Å². The van der Waals surface area contributed by atoms with Crippen LogP contribution in [0.2, 0.25) is 0 Å². The second-order valence-electron chi connectivity index (χ2n) is 12.6. The van der Waals surface area contributed by atoms with Gasteiger partial charge in [-0.2, -0.15) is 5.26 Å². The number of nitro benzene ring substituents is 1. The molecule has 5 aromatic carbocycles. The molecule has 2 amide bonds. The summed E-state index contributed by atoms with van der Waals surface area (Å²) in [6, 6.07) is 35.2. The molecule has 3 N–H and O–H groups in total. The number of nitrogens with one attached hydrogen (secondary N) is 3. The molecule has 13 heteroatoms. The summed E-state index contributed by atoms with van der Waals surface area (Å²) in [5.41, 5.74) is 4.44. The lowest BCUT2D eigenvalue weighted by Gasteiger charge is -2.19. The summed E-state index contributed by atoms with van der Waals surface area (Å²) >= 11 is 0. The molecule has 0 aliphatic heterocycles. The molecule has 1 unspecified atom stereocenters. The lowest BCUT2D eigenvalue weighted by atomic mass is 10.0. The summed E-state index contributed by atoms with van der Waals surface area (Å²) in [6.45, 7) is 0.256. The lowest BCUT2D eigenvalue weighted by Crippen LogP contribution is -2.49. The Morgan fingerprint density at radius 3 is 2.13 bits per heavy atom. The molecule has 268 valence electrons. The van der Waals surface area contributed by atoms with Crippen LogP contribution in [0.1, 0.15) is 35.1 Å². The molecule has 6 rings (SSSR count). The smallest absolute Gasteiger partial charge is 0.293 e. The fourth-order valence-corrected chi connectivity index (χ4v) is 6.59. The highest BCUT2D eigenvalue weighted by Gasteiger charge is 2.30. The van der Waals surface area contributed by atoms with Crippen molar-refractivity contribution in [2.45, 2.75) is 49.3 Å². The highest BCUT2D eigenvalue weighted by Crippen LogP contribution is 2.32. The molecule has 1 aliphatic carbocycles. The molecule has 0 heterocycles. The van der Waals surface area contributed by atoms with Gasteiger partial charge >= 0.3 is 0 Å². The molecule has 1 aliphatic rings. The van der Waals surface area contributed by atoms with Crippen molar-refractivity contribution in [3.8, 4) is 22.9 Å². The minimum atomic E-state index is -4.57. The van der Waals surface area contributed by atoms with E-state index >= 15 is 0 Å². The minimum absolute atomic E-state index is 0.0691. The SMILES string of the molecule is N#Cc1ccc(COc2ccc(CC(NC(=O)Cc3ccc(-c4ccccc4)cc3)C(=O)NS(=O)(=O)c3ccc(NC4CC4)c([N+](=O)[O-])c3)cc2)cc1. The highest BCUT2D eigenvalue weighted by atomic mass is 32.2. The topological polar surface area (TPSA) is 181 Å². The van der Waals surface area contributed by atoms with E-state index in [1.807, 2.05) is 59.3 Å². The molecular formula is C40H35N5O7S. The Balaban J connectivity index is 1.17. The fraction of sp³-hybridized carbons (Fsp3) is 0.175. The molecule has 12 nitrogen and oxygen atoms in total. The third-order valence-corrected chi connectivity index (χ3v) is 9.92. The van der Waals surface area contributed by atoms with Crippen LogP contribution in [-0.2, 0) is 39.1 Å².